The summed E-state index contributed by atoms with van der Waals surface area (Å²) in [6.07, 6.45) is 1.68. The number of hydrogen-bond acceptors (Lipinski definition) is 4. The summed E-state index contributed by atoms with van der Waals surface area (Å²) in [6, 6.07) is 1.71. The molecule has 0 saturated carbocycles. The molecule has 4 nitrogen and oxygen atoms in total. The van der Waals surface area contributed by atoms with Crippen molar-refractivity contribution in [1.29, 1.82) is 0 Å². The third-order valence-corrected chi connectivity index (χ3v) is 2.26. The Morgan fingerprint density at radius 1 is 1.62 bits per heavy atom. The molecule has 0 unspecified atom stereocenters. The zero-order valence-corrected chi connectivity index (χ0v) is 7.53. The van der Waals surface area contributed by atoms with Crippen molar-refractivity contribution in [2.24, 2.45) is 0 Å². The number of ether oxygens (including phenoxy) is 1. The molecule has 1 aliphatic heterocycles. The zero-order chi connectivity index (χ0) is 9.31. The number of rotatable bonds is 2. The SMILES string of the molecule is CC1(c2nccc(CO)n2)COC1. The Morgan fingerprint density at radius 3 is 2.92 bits per heavy atom. The van der Waals surface area contributed by atoms with Crippen molar-refractivity contribution in [1.82, 2.24) is 9.97 Å². The Balaban J connectivity index is 2.29. The van der Waals surface area contributed by atoms with Crippen LogP contribution in [0, 0.1) is 0 Å². The fourth-order valence-electron chi connectivity index (χ4n) is 1.31. The maximum absolute atomic E-state index is 8.90. The molecule has 1 aromatic rings. The van der Waals surface area contributed by atoms with Gasteiger partial charge in [0, 0.05) is 6.20 Å². The van der Waals surface area contributed by atoms with Gasteiger partial charge in [-0.2, -0.15) is 0 Å². The zero-order valence-electron chi connectivity index (χ0n) is 7.53. The molecule has 0 spiro atoms. The Kier molecular flexibility index (Phi) is 2.01. The molecular weight excluding hydrogens is 168 g/mol. The summed E-state index contributed by atoms with van der Waals surface area (Å²) in [6.45, 7) is 3.36. The third kappa shape index (κ3) is 1.43. The molecule has 1 aromatic heterocycles. The van der Waals surface area contributed by atoms with Crippen LogP contribution in [0.3, 0.4) is 0 Å². The van der Waals surface area contributed by atoms with Gasteiger partial charge in [-0.05, 0) is 13.0 Å². The average molecular weight is 180 g/mol. The standard InChI is InChI=1S/C9H12N2O2/c1-9(5-13-6-9)8-10-3-2-7(4-12)11-8/h2-3,12H,4-6H2,1H3. The van der Waals surface area contributed by atoms with Gasteiger partial charge in [0.1, 0.15) is 5.82 Å². The first-order chi connectivity index (χ1) is 6.24. The lowest BCUT2D eigenvalue weighted by atomic mass is 9.87. The fourth-order valence-corrected chi connectivity index (χ4v) is 1.31. The highest BCUT2D eigenvalue weighted by molar-refractivity contribution is 5.13. The van der Waals surface area contributed by atoms with Gasteiger partial charge in [0.15, 0.2) is 0 Å². The van der Waals surface area contributed by atoms with Crippen LogP contribution in [0.4, 0.5) is 0 Å². The topological polar surface area (TPSA) is 55.2 Å². The molecule has 1 fully saturated rings. The summed E-state index contributed by atoms with van der Waals surface area (Å²) in [5, 5.41) is 8.90. The van der Waals surface area contributed by atoms with Gasteiger partial charge in [-0.25, -0.2) is 9.97 Å². The van der Waals surface area contributed by atoms with E-state index in [9.17, 15) is 0 Å². The Hall–Kier alpha value is -1.00. The molecule has 0 bridgehead atoms. The molecule has 70 valence electrons. The minimum atomic E-state index is -0.0504. The largest absolute Gasteiger partial charge is 0.390 e. The average Bonchev–Trinajstić information content (AvgIpc) is 2.14. The van der Waals surface area contributed by atoms with E-state index in [2.05, 4.69) is 16.9 Å². The fraction of sp³-hybridized carbons (Fsp3) is 0.556. The number of hydrogen-bond donors (Lipinski definition) is 1. The minimum Gasteiger partial charge on any atom is -0.390 e. The van der Waals surface area contributed by atoms with E-state index in [1.165, 1.54) is 0 Å². The van der Waals surface area contributed by atoms with Crippen LogP contribution in [0.5, 0.6) is 0 Å². The van der Waals surface area contributed by atoms with Crippen molar-refractivity contribution < 1.29 is 9.84 Å². The van der Waals surface area contributed by atoms with Gasteiger partial charge in [-0.3, -0.25) is 0 Å². The smallest absolute Gasteiger partial charge is 0.139 e. The highest BCUT2D eigenvalue weighted by atomic mass is 16.5. The number of aliphatic hydroxyl groups is 1. The normalized spacial score (nSPS) is 19.5. The van der Waals surface area contributed by atoms with Crippen molar-refractivity contribution in [3.05, 3.63) is 23.8 Å². The monoisotopic (exact) mass is 180 g/mol. The van der Waals surface area contributed by atoms with Crippen LogP contribution in [0.25, 0.3) is 0 Å². The van der Waals surface area contributed by atoms with E-state index < -0.39 is 0 Å². The molecule has 2 heterocycles. The first-order valence-corrected chi connectivity index (χ1v) is 4.26. The molecular formula is C9H12N2O2. The van der Waals surface area contributed by atoms with Crippen molar-refractivity contribution in [3.63, 3.8) is 0 Å². The van der Waals surface area contributed by atoms with Crippen molar-refractivity contribution in [3.8, 4) is 0 Å². The van der Waals surface area contributed by atoms with E-state index in [-0.39, 0.29) is 12.0 Å². The lowest BCUT2D eigenvalue weighted by Gasteiger charge is -2.36. The van der Waals surface area contributed by atoms with Crippen LogP contribution >= 0.6 is 0 Å². The molecule has 2 rings (SSSR count). The van der Waals surface area contributed by atoms with Gasteiger partial charge < -0.3 is 9.84 Å². The van der Waals surface area contributed by atoms with E-state index in [0.717, 1.165) is 5.82 Å². The quantitative estimate of drug-likeness (QED) is 0.709. The van der Waals surface area contributed by atoms with Crippen LogP contribution in [-0.2, 0) is 16.8 Å². The molecule has 1 saturated heterocycles. The third-order valence-electron chi connectivity index (χ3n) is 2.26. The minimum absolute atomic E-state index is 0.0353. The molecule has 0 radical (unpaired) electrons. The first kappa shape index (κ1) is 8.59. The van der Waals surface area contributed by atoms with Gasteiger partial charge in [-0.1, -0.05) is 0 Å². The van der Waals surface area contributed by atoms with Crippen LogP contribution < -0.4 is 0 Å². The molecule has 1 aliphatic rings. The maximum Gasteiger partial charge on any atom is 0.139 e. The lowest BCUT2D eigenvalue weighted by molar-refractivity contribution is -0.0545. The Bertz CT molecular complexity index is 310. The highest BCUT2D eigenvalue weighted by Gasteiger charge is 2.38. The lowest BCUT2D eigenvalue weighted by Crippen LogP contribution is -2.45. The summed E-state index contributed by atoms with van der Waals surface area (Å²) in [5.74, 6) is 0.769. The summed E-state index contributed by atoms with van der Waals surface area (Å²) in [4.78, 5) is 8.42. The van der Waals surface area contributed by atoms with E-state index in [4.69, 9.17) is 9.84 Å². The summed E-state index contributed by atoms with van der Waals surface area (Å²) < 4.78 is 5.12. The van der Waals surface area contributed by atoms with Crippen molar-refractivity contribution >= 4 is 0 Å². The molecule has 13 heavy (non-hydrogen) atoms. The molecule has 0 amide bonds. The van der Waals surface area contributed by atoms with Gasteiger partial charge in [0.25, 0.3) is 0 Å². The summed E-state index contributed by atoms with van der Waals surface area (Å²) in [5.41, 5.74) is 0.615. The van der Waals surface area contributed by atoms with E-state index in [1.807, 2.05) is 0 Å². The molecule has 0 aliphatic carbocycles. The number of nitrogens with zero attached hydrogens (tertiary/aromatic N) is 2. The van der Waals surface area contributed by atoms with E-state index >= 15 is 0 Å². The molecule has 1 N–H and O–H groups in total. The van der Waals surface area contributed by atoms with Gasteiger partial charge >= 0.3 is 0 Å². The molecule has 0 atom stereocenters. The highest BCUT2D eigenvalue weighted by Crippen LogP contribution is 2.28. The predicted octanol–water partition coefficient (Wildman–Crippen LogP) is 0.257. The van der Waals surface area contributed by atoms with Crippen LogP contribution in [0.15, 0.2) is 12.3 Å². The molecule has 4 heteroatoms. The van der Waals surface area contributed by atoms with Gasteiger partial charge in [-0.15, -0.1) is 0 Å². The second kappa shape index (κ2) is 3.05. The van der Waals surface area contributed by atoms with Crippen LogP contribution in [-0.4, -0.2) is 28.3 Å². The summed E-state index contributed by atoms with van der Waals surface area (Å²) >= 11 is 0. The number of aliphatic hydroxyl groups excluding tert-OH is 1. The van der Waals surface area contributed by atoms with E-state index in [0.29, 0.717) is 18.9 Å². The molecule has 0 aromatic carbocycles. The van der Waals surface area contributed by atoms with Crippen LogP contribution in [0.1, 0.15) is 18.4 Å². The van der Waals surface area contributed by atoms with E-state index in [1.54, 1.807) is 12.3 Å². The van der Waals surface area contributed by atoms with Gasteiger partial charge in [0.2, 0.25) is 0 Å². The Morgan fingerprint density at radius 2 is 2.38 bits per heavy atom. The maximum atomic E-state index is 8.90. The van der Waals surface area contributed by atoms with Crippen molar-refractivity contribution in [2.75, 3.05) is 13.2 Å². The predicted molar refractivity (Wildman–Crippen MR) is 46.1 cm³/mol. The Labute approximate surface area is 76.6 Å². The second-order valence-corrected chi connectivity index (χ2v) is 3.58. The summed E-state index contributed by atoms with van der Waals surface area (Å²) in [7, 11) is 0. The first-order valence-electron chi connectivity index (χ1n) is 4.26. The van der Waals surface area contributed by atoms with Crippen LogP contribution in [0.2, 0.25) is 0 Å². The second-order valence-electron chi connectivity index (χ2n) is 3.58. The van der Waals surface area contributed by atoms with Gasteiger partial charge in [0.05, 0.1) is 30.9 Å². The van der Waals surface area contributed by atoms with Crippen molar-refractivity contribution in [2.45, 2.75) is 18.9 Å². The number of aromatic nitrogens is 2.